The molecule has 188 valence electrons. The number of fused-ring (bicyclic) bond motifs is 3. The van der Waals surface area contributed by atoms with E-state index in [4.69, 9.17) is 32.7 Å². The monoisotopic (exact) mass is 545 g/mol. The number of benzene rings is 2. The van der Waals surface area contributed by atoms with Gasteiger partial charge < -0.3 is 20.1 Å². The second-order valence-electron chi connectivity index (χ2n) is 9.00. The molecule has 2 aromatic carbocycles. The predicted octanol–water partition coefficient (Wildman–Crippen LogP) is 5.90. The average Bonchev–Trinajstić information content (AvgIpc) is 3.22. The number of halogens is 2. The van der Waals surface area contributed by atoms with Crippen molar-refractivity contribution in [1.29, 1.82) is 0 Å². The van der Waals surface area contributed by atoms with Crippen molar-refractivity contribution in [1.82, 2.24) is 10.2 Å². The molecular weight excluding hydrogens is 521 g/mol. The van der Waals surface area contributed by atoms with Crippen LogP contribution in [0.2, 0.25) is 10.0 Å². The van der Waals surface area contributed by atoms with Crippen molar-refractivity contribution in [3.05, 3.63) is 73.6 Å². The quantitative estimate of drug-likeness (QED) is 0.306. The lowest BCUT2D eigenvalue weighted by molar-refractivity contribution is 0.0729. The van der Waals surface area contributed by atoms with Gasteiger partial charge in [-0.1, -0.05) is 29.3 Å². The third-order valence-corrected chi connectivity index (χ3v) is 8.17. The Labute approximate surface area is 223 Å². The van der Waals surface area contributed by atoms with Crippen LogP contribution in [0.4, 0.5) is 5.00 Å². The molecule has 0 fully saturated rings. The van der Waals surface area contributed by atoms with Crippen molar-refractivity contribution in [3.63, 3.8) is 0 Å². The molecule has 7 nitrogen and oxygen atoms in total. The summed E-state index contributed by atoms with van der Waals surface area (Å²) in [6.45, 7) is 6.19. The number of methoxy groups -OCH3 is 1. The van der Waals surface area contributed by atoms with Gasteiger partial charge in [0.15, 0.2) is 11.5 Å². The fourth-order valence-electron chi connectivity index (χ4n) is 4.50. The molecule has 0 unspecified atom stereocenters. The first kappa shape index (κ1) is 24.9. The number of hydrogen-bond acceptors (Lipinski definition) is 7. The van der Waals surface area contributed by atoms with Crippen LogP contribution in [-0.4, -0.2) is 36.5 Å². The lowest BCUT2D eigenvalue weighted by atomic mass is 9.99. The Kier molecular flexibility index (Phi) is 6.87. The summed E-state index contributed by atoms with van der Waals surface area (Å²) in [6, 6.07) is 10.2. The second kappa shape index (κ2) is 9.94. The maximum Gasteiger partial charge on any atom is 0.345 e. The van der Waals surface area contributed by atoms with Crippen molar-refractivity contribution in [3.8, 4) is 11.5 Å². The molecule has 0 spiro atoms. The summed E-state index contributed by atoms with van der Waals surface area (Å²) in [4.78, 5) is 29.4. The van der Waals surface area contributed by atoms with Crippen LogP contribution in [0.1, 0.15) is 56.7 Å². The smallest absolute Gasteiger partial charge is 0.345 e. The van der Waals surface area contributed by atoms with Gasteiger partial charge in [-0.2, -0.15) is 0 Å². The summed E-state index contributed by atoms with van der Waals surface area (Å²) in [5.41, 5.74) is 2.87. The van der Waals surface area contributed by atoms with Crippen molar-refractivity contribution in [2.75, 3.05) is 19.0 Å². The largest absolute Gasteiger partial charge is 0.493 e. The van der Waals surface area contributed by atoms with Gasteiger partial charge in [-0.15, -0.1) is 11.3 Å². The maximum atomic E-state index is 13.1. The van der Waals surface area contributed by atoms with Crippen molar-refractivity contribution >= 4 is 51.4 Å². The predicted molar refractivity (Wildman–Crippen MR) is 142 cm³/mol. The molecule has 0 saturated heterocycles. The summed E-state index contributed by atoms with van der Waals surface area (Å²) >= 11 is 13.7. The number of thiophene rings is 1. The number of hydrogen-bond donors (Lipinski definition) is 2. The van der Waals surface area contributed by atoms with E-state index in [1.165, 1.54) is 24.1 Å². The number of esters is 1. The van der Waals surface area contributed by atoms with E-state index < -0.39 is 12.1 Å². The van der Waals surface area contributed by atoms with E-state index in [2.05, 4.69) is 29.4 Å². The van der Waals surface area contributed by atoms with Crippen molar-refractivity contribution in [2.45, 2.75) is 39.0 Å². The van der Waals surface area contributed by atoms with Gasteiger partial charge in [-0.3, -0.25) is 9.69 Å². The minimum atomic E-state index is -0.629. The summed E-state index contributed by atoms with van der Waals surface area (Å²) < 4.78 is 11.0. The Bertz CT molecular complexity index is 1360. The van der Waals surface area contributed by atoms with E-state index >= 15 is 0 Å². The zero-order chi connectivity index (χ0) is 25.6. The first-order valence-electron chi connectivity index (χ1n) is 11.6. The molecule has 1 atom stereocenters. The molecule has 3 aromatic rings. The number of carbonyl (C=O) groups excluding carboxylic acids is 2. The second-order valence-corrected chi connectivity index (χ2v) is 10.9. The highest BCUT2D eigenvalue weighted by atomic mass is 35.5. The van der Waals surface area contributed by atoms with Crippen molar-refractivity contribution in [2.24, 2.45) is 0 Å². The van der Waals surface area contributed by atoms with Crippen LogP contribution in [-0.2, 0) is 13.0 Å². The van der Waals surface area contributed by atoms with Crippen LogP contribution in [0, 0.1) is 0 Å². The van der Waals surface area contributed by atoms with Gasteiger partial charge >= 0.3 is 5.97 Å². The third kappa shape index (κ3) is 4.66. The summed E-state index contributed by atoms with van der Waals surface area (Å²) in [7, 11) is 1.49. The molecule has 0 radical (unpaired) electrons. The number of amides is 1. The molecule has 3 heterocycles. The van der Waals surface area contributed by atoms with E-state index in [0.29, 0.717) is 16.8 Å². The number of nitrogens with zero attached hydrogens (tertiary/aromatic N) is 1. The Morgan fingerprint density at radius 2 is 1.94 bits per heavy atom. The number of anilines is 1. The Balaban J connectivity index is 1.37. The molecule has 2 aliphatic rings. The van der Waals surface area contributed by atoms with Crippen LogP contribution in [0.15, 0.2) is 36.4 Å². The van der Waals surface area contributed by atoms with Gasteiger partial charge in [0.25, 0.3) is 5.91 Å². The highest BCUT2D eigenvalue weighted by Gasteiger charge is 2.34. The standard InChI is InChI=1S/C26H25Cl2N3O4S/c1-13(2)31-9-8-17-21(12-31)36-25-22(17)24(32)29-23(30-25)14-4-7-19(20(10-14)34-3)35-26(33)16-6-5-15(27)11-18(16)28/h4-7,10-11,13,23,30H,8-9,12H2,1-3H3,(H,29,32)/t23-/m0/s1. The van der Waals surface area contributed by atoms with E-state index in [-0.39, 0.29) is 22.2 Å². The number of ether oxygens (including phenoxy) is 2. The average molecular weight is 546 g/mol. The highest BCUT2D eigenvalue weighted by molar-refractivity contribution is 7.16. The third-order valence-electron chi connectivity index (χ3n) is 6.47. The summed E-state index contributed by atoms with van der Waals surface area (Å²) in [6.07, 6.45) is 0.417. The summed E-state index contributed by atoms with van der Waals surface area (Å²) in [5.74, 6) is -0.126. The maximum absolute atomic E-state index is 13.1. The van der Waals surface area contributed by atoms with Crippen LogP contribution in [0.25, 0.3) is 0 Å². The number of nitrogens with one attached hydrogen (secondary N) is 2. The van der Waals surface area contributed by atoms with Gasteiger partial charge in [0.2, 0.25) is 0 Å². The molecule has 0 aliphatic carbocycles. The zero-order valence-electron chi connectivity index (χ0n) is 20.0. The van der Waals surface area contributed by atoms with E-state index in [1.807, 2.05) is 0 Å². The Morgan fingerprint density at radius 3 is 2.67 bits per heavy atom. The summed E-state index contributed by atoms with van der Waals surface area (Å²) in [5, 5.41) is 8.03. The van der Waals surface area contributed by atoms with Crippen LogP contribution >= 0.6 is 34.5 Å². The highest BCUT2D eigenvalue weighted by Crippen LogP contribution is 2.42. The first-order valence-corrected chi connectivity index (χ1v) is 13.1. The fourth-order valence-corrected chi connectivity index (χ4v) is 6.29. The number of carbonyl (C=O) groups is 2. The molecule has 1 amide bonds. The van der Waals surface area contributed by atoms with Crippen LogP contribution in [0.3, 0.4) is 0 Å². The lowest BCUT2D eigenvalue weighted by Crippen LogP contribution is -2.39. The van der Waals surface area contributed by atoms with Gasteiger partial charge in [0.1, 0.15) is 11.2 Å². The fraction of sp³-hybridized carbons (Fsp3) is 0.308. The first-order chi connectivity index (χ1) is 17.2. The van der Waals surface area contributed by atoms with E-state index in [9.17, 15) is 9.59 Å². The van der Waals surface area contributed by atoms with E-state index in [0.717, 1.165) is 41.2 Å². The SMILES string of the molecule is COc1cc([C@H]2NC(=O)c3c(sc4c3CCN(C(C)C)C4)N2)ccc1OC(=O)c1ccc(Cl)cc1Cl. The molecule has 2 aliphatic heterocycles. The molecular formula is C26H25Cl2N3O4S. The number of rotatable bonds is 5. The Hall–Kier alpha value is -2.78. The minimum Gasteiger partial charge on any atom is -0.493 e. The Morgan fingerprint density at radius 1 is 1.14 bits per heavy atom. The van der Waals surface area contributed by atoms with Gasteiger partial charge in [0.05, 0.1) is 23.3 Å². The van der Waals surface area contributed by atoms with Gasteiger partial charge in [0, 0.05) is 29.0 Å². The molecule has 10 heteroatoms. The van der Waals surface area contributed by atoms with Crippen LogP contribution < -0.4 is 20.1 Å². The van der Waals surface area contributed by atoms with Gasteiger partial charge in [-0.05, 0) is 61.7 Å². The minimum absolute atomic E-state index is 0.0869. The molecule has 36 heavy (non-hydrogen) atoms. The van der Waals surface area contributed by atoms with Gasteiger partial charge in [-0.25, -0.2) is 4.79 Å². The molecule has 0 saturated carbocycles. The topological polar surface area (TPSA) is 79.9 Å². The van der Waals surface area contributed by atoms with E-state index in [1.54, 1.807) is 35.6 Å². The normalized spacial score (nSPS) is 17.2. The molecule has 5 rings (SSSR count). The molecule has 0 bridgehead atoms. The van der Waals surface area contributed by atoms with Crippen LogP contribution in [0.5, 0.6) is 11.5 Å². The zero-order valence-corrected chi connectivity index (χ0v) is 22.3. The molecule has 2 N–H and O–H groups in total. The molecule has 1 aromatic heterocycles. The lowest BCUT2D eigenvalue weighted by Gasteiger charge is -2.31. The van der Waals surface area contributed by atoms with Crippen molar-refractivity contribution < 1.29 is 19.1 Å².